The Morgan fingerprint density at radius 1 is 0.800 bits per heavy atom. The van der Waals surface area contributed by atoms with Gasteiger partial charge < -0.3 is 0 Å². The van der Waals surface area contributed by atoms with Crippen LogP contribution in [0.1, 0.15) is 0 Å². The Morgan fingerprint density at radius 2 is 1.40 bits per heavy atom. The van der Waals surface area contributed by atoms with Gasteiger partial charge in [-0.15, -0.1) is 12.4 Å². The predicted molar refractivity (Wildman–Crippen MR) is 66.3 cm³/mol. The van der Waals surface area contributed by atoms with E-state index >= 15 is 0 Å². The molecule has 1 radical (unpaired) electrons. The van der Waals surface area contributed by atoms with E-state index < -0.39 is 0 Å². The van der Waals surface area contributed by atoms with Crippen molar-refractivity contribution >= 4 is 31.6 Å². The van der Waals surface area contributed by atoms with Gasteiger partial charge in [-0.2, -0.15) is 0 Å². The van der Waals surface area contributed by atoms with Crippen molar-refractivity contribution in [3.05, 3.63) is 60.4 Å². The van der Waals surface area contributed by atoms with Crippen LogP contribution in [0, 0.1) is 5.82 Å². The molecule has 0 aromatic heterocycles. The van der Waals surface area contributed by atoms with Crippen molar-refractivity contribution in [1.29, 1.82) is 0 Å². The second kappa shape index (κ2) is 5.85. The van der Waals surface area contributed by atoms with Crippen LogP contribution in [0.15, 0.2) is 54.6 Å². The second-order valence-corrected chi connectivity index (χ2v) is 4.12. The third kappa shape index (κ3) is 3.30. The molecule has 0 aliphatic carbocycles. The summed E-state index contributed by atoms with van der Waals surface area (Å²) in [5.41, 5.74) is 0. The lowest BCUT2D eigenvalue weighted by Crippen LogP contribution is -2.06. The number of rotatable bonds is 2. The molecule has 0 fully saturated rings. The fraction of sp³-hybridized carbons (Fsp3) is 0. The zero-order valence-electron chi connectivity index (χ0n) is 7.93. The minimum absolute atomic E-state index is 0. The first-order valence-corrected chi connectivity index (χ1v) is 5.27. The lowest BCUT2D eigenvalue weighted by Gasteiger charge is -2.01. The van der Waals surface area contributed by atoms with E-state index in [1.807, 2.05) is 42.5 Å². The molecule has 0 saturated heterocycles. The number of hydrogen-bond acceptors (Lipinski definition) is 0. The molecule has 0 amide bonds. The smallest absolute Gasteiger partial charge is 0.131 e. The Morgan fingerprint density at radius 3 is 2.07 bits per heavy atom. The molecule has 2 rings (SSSR count). The first-order chi connectivity index (χ1) is 6.86. The number of hydrogen-bond donors (Lipinski definition) is 0. The summed E-state index contributed by atoms with van der Waals surface area (Å²) < 4.78 is 13.3. The summed E-state index contributed by atoms with van der Waals surface area (Å²) in [6.07, 6.45) is 0. The quantitative estimate of drug-likeness (QED) is 0.707. The summed E-state index contributed by atoms with van der Waals surface area (Å²) >= 11 is 0. The summed E-state index contributed by atoms with van der Waals surface area (Å²) in [7, 11) is 0.920. The van der Waals surface area contributed by atoms with Crippen LogP contribution < -0.4 is 10.6 Å². The molecule has 0 heterocycles. The average molecular weight is 240 g/mol. The second-order valence-electron chi connectivity index (χ2n) is 2.90. The zero-order valence-corrected chi connectivity index (χ0v) is 9.64. The maximum Gasteiger partial charge on any atom is 0.131 e. The Labute approximate surface area is 96.7 Å². The van der Waals surface area contributed by atoms with Crippen molar-refractivity contribution in [3.63, 3.8) is 0 Å². The molecule has 0 aliphatic heterocycles. The molecular formula is C12H10ClFP. The van der Waals surface area contributed by atoms with Crippen LogP contribution in [0.5, 0.6) is 0 Å². The van der Waals surface area contributed by atoms with Crippen molar-refractivity contribution in [3.8, 4) is 0 Å². The molecular weight excluding hydrogens is 230 g/mol. The Balaban J connectivity index is 0.00000112. The fourth-order valence-electron chi connectivity index (χ4n) is 1.18. The third-order valence-corrected chi connectivity index (χ3v) is 3.02. The highest BCUT2D eigenvalue weighted by Gasteiger charge is 2.01. The van der Waals surface area contributed by atoms with Gasteiger partial charge in [0, 0.05) is 5.30 Å². The van der Waals surface area contributed by atoms with E-state index in [4.69, 9.17) is 0 Å². The summed E-state index contributed by atoms with van der Waals surface area (Å²) in [5, 5.41) is 1.83. The van der Waals surface area contributed by atoms with Crippen molar-refractivity contribution in [1.82, 2.24) is 0 Å². The van der Waals surface area contributed by atoms with Gasteiger partial charge in [-0.25, -0.2) is 4.39 Å². The van der Waals surface area contributed by atoms with E-state index in [1.165, 1.54) is 6.07 Å². The van der Waals surface area contributed by atoms with Gasteiger partial charge in [-0.3, -0.25) is 0 Å². The SMILES string of the molecule is Cl.Fc1ccccc1[P]c1ccccc1. The maximum atomic E-state index is 13.3. The van der Waals surface area contributed by atoms with E-state index in [1.54, 1.807) is 6.07 Å². The lowest BCUT2D eigenvalue weighted by atomic mass is 10.3. The van der Waals surface area contributed by atoms with Gasteiger partial charge in [-0.05, 0) is 20.0 Å². The first-order valence-electron chi connectivity index (χ1n) is 4.37. The molecule has 2 aromatic carbocycles. The van der Waals surface area contributed by atoms with Gasteiger partial charge >= 0.3 is 0 Å². The number of halogens is 2. The molecule has 0 nitrogen and oxygen atoms in total. The fourth-order valence-corrected chi connectivity index (χ4v) is 2.13. The van der Waals surface area contributed by atoms with Gasteiger partial charge in [0.1, 0.15) is 5.82 Å². The van der Waals surface area contributed by atoms with Crippen LogP contribution in [0.2, 0.25) is 0 Å². The molecule has 0 atom stereocenters. The summed E-state index contributed by atoms with van der Waals surface area (Å²) in [6.45, 7) is 0. The van der Waals surface area contributed by atoms with Crippen LogP contribution in [0.25, 0.3) is 0 Å². The summed E-state index contributed by atoms with van der Waals surface area (Å²) in [4.78, 5) is 0. The average Bonchev–Trinajstić information content (AvgIpc) is 2.23. The Kier molecular flexibility index (Phi) is 4.74. The van der Waals surface area contributed by atoms with Crippen LogP contribution in [0.3, 0.4) is 0 Å². The molecule has 3 heteroatoms. The Bertz CT molecular complexity index is 417. The summed E-state index contributed by atoms with van der Waals surface area (Å²) in [5.74, 6) is -0.141. The van der Waals surface area contributed by atoms with Crippen LogP contribution in [-0.4, -0.2) is 0 Å². The molecule has 15 heavy (non-hydrogen) atoms. The molecule has 0 unspecified atom stereocenters. The van der Waals surface area contributed by atoms with E-state index in [-0.39, 0.29) is 18.2 Å². The van der Waals surface area contributed by atoms with Crippen molar-refractivity contribution in [2.45, 2.75) is 0 Å². The normalized spacial score (nSPS) is 10.2. The maximum absolute atomic E-state index is 13.3. The van der Waals surface area contributed by atoms with Gasteiger partial charge in [0.05, 0.1) is 0 Å². The van der Waals surface area contributed by atoms with E-state index in [9.17, 15) is 4.39 Å². The molecule has 0 aliphatic rings. The van der Waals surface area contributed by atoms with Crippen LogP contribution >= 0.6 is 21.0 Å². The monoisotopic (exact) mass is 239 g/mol. The molecule has 0 N–H and O–H groups in total. The Hall–Kier alpha value is -0.910. The zero-order chi connectivity index (χ0) is 9.80. The van der Waals surface area contributed by atoms with Gasteiger partial charge in [-0.1, -0.05) is 48.5 Å². The topological polar surface area (TPSA) is 0 Å². The largest absolute Gasteiger partial charge is 0.206 e. The van der Waals surface area contributed by atoms with Gasteiger partial charge in [0.2, 0.25) is 0 Å². The highest BCUT2D eigenvalue weighted by Crippen LogP contribution is 2.11. The van der Waals surface area contributed by atoms with Crippen LogP contribution in [0.4, 0.5) is 4.39 Å². The lowest BCUT2D eigenvalue weighted by molar-refractivity contribution is 0.636. The number of benzene rings is 2. The highest BCUT2D eigenvalue weighted by molar-refractivity contribution is 7.55. The molecule has 2 aromatic rings. The molecule has 0 spiro atoms. The van der Waals surface area contributed by atoms with Crippen molar-refractivity contribution < 1.29 is 4.39 Å². The van der Waals surface area contributed by atoms with Crippen molar-refractivity contribution in [2.75, 3.05) is 0 Å². The van der Waals surface area contributed by atoms with Gasteiger partial charge in [0.25, 0.3) is 0 Å². The molecule has 77 valence electrons. The van der Waals surface area contributed by atoms with Crippen LogP contribution in [-0.2, 0) is 0 Å². The minimum atomic E-state index is -0.141. The van der Waals surface area contributed by atoms with E-state index in [0.717, 1.165) is 19.2 Å². The minimum Gasteiger partial charge on any atom is -0.206 e. The third-order valence-electron chi connectivity index (χ3n) is 1.86. The predicted octanol–water partition coefficient (Wildman–Crippen LogP) is 3.14. The molecule has 0 bridgehead atoms. The summed E-state index contributed by atoms with van der Waals surface area (Å²) in [6, 6.07) is 16.7. The first kappa shape index (κ1) is 12.2. The van der Waals surface area contributed by atoms with Gasteiger partial charge in [0.15, 0.2) is 0 Å². The highest BCUT2D eigenvalue weighted by atomic mass is 35.5. The van der Waals surface area contributed by atoms with E-state index in [0.29, 0.717) is 0 Å². The standard InChI is InChI=1S/C12H9FP.ClH/c13-11-8-4-5-9-12(11)14-10-6-2-1-3-7-10;/h1-9H;1H. The van der Waals surface area contributed by atoms with E-state index in [2.05, 4.69) is 0 Å². The van der Waals surface area contributed by atoms with Crippen molar-refractivity contribution in [2.24, 2.45) is 0 Å². The molecule has 0 saturated carbocycles.